The molecule has 3 heteroatoms. The van der Waals surface area contributed by atoms with Gasteiger partial charge in [-0.25, -0.2) is 4.99 Å². The predicted molar refractivity (Wildman–Crippen MR) is 78.2 cm³/mol. The van der Waals surface area contributed by atoms with E-state index in [0.29, 0.717) is 18.1 Å². The molecule has 1 aromatic carbocycles. The van der Waals surface area contributed by atoms with E-state index in [2.05, 4.69) is 4.99 Å². The van der Waals surface area contributed by atoms with Crippen molar-refractivity contribution >= 4 is 12.0 Å². The molecule has 0 fully saturated rings. The quantitative estimate of drug-likeness (QED) is 0.906. The van der Waals surface area contributed by atoms with E-state index >= 15 is 0 Å². The maximum absolute atomic E-state index is 10.3. The summed E-state index contributed by atoms with van der Waals surface area (Å²) in [5.74, 6) is 0.543. The Labute approximate surface area is 114 Å². The van der Waals surface area contributed by atoms with Crippen LogP contribution in [-0.2, 0) is 4.74 Å². The molecule has 19 heavy (non-hydrogen) atoms. The Balaban J connectivity index is 2.42. The second-order valence-electron chi connectivity index (χ2n) is 6.05. The van der Waals surface area contributed by atoms with Crippen molar-refractivity contribution in [3.63, 3.8) is 0 Å². The highest BCUT2D eigenvalue weighted by Crippen LogP contribution is 2.27. The van der Waals surface area contributed by atoms with Crippen molar-refractivity contribution in [2.75, 3.05) is 6.61 Å². The van der Waals surface area contributed by atoms with Crippen LogP contribution in [-0.4, -0.2) is 28.8 Å². The first-order chi connectivity index (χ1) is 8.78. The number of rotatable bonds is 3. The Hall–Kier alpha value is -1.61. The third-order valence-electron chi connectivity index (χ3n) is 2.97. The highest BCUT2D eigenvalue weighted by molar-refractivity contribution is 6.00. The topological polar surface area (TPSA) is 41.8 Å². The molecule has 0 bridgehead atoms. The van der Waals surface area contributed by atoms with Crippen molar-refractivity contribution in [1.29, 1.82) is 0 Å². The van der Waals surface area contributed by atoms with E-state index in [1.165, 1.54) is 0 Å². The van der Waals surface area contributed by atoms with Crippen molar-refractivity contribution < 1.29 is 9.84 Å². The van der Waals surface area contributed by atoms with Crippen molar-refractivity contribution in [2.24, 2.45) is 4.99 Å². The molecule has 0 saturated carbocycles. The van der Waals surface area contributed by atoms with Gasteiger partial charge in [-0.2, -0.15) is 0 Å². The largest absolute Gasteiger partial charge is 0.475 e. The molecule has 0 amide bonds. The van der Waals surface area contributed by atoms with Crippen LogP contribution in [0.1, 0.15) is 33.3 Å². The Morgan fingerprint density at radius 1 is 1.32 bits per heavy atom. The highest BCUT2D eigenvalue weighted by Gasteiger charge is 2.33. The first-order valence-corrected chi connectivity index (χ1v) is 6.51. The van der Waals surface area contributed by atoms with Crippen molar-refractivity contribution in [1.82, 2.24) is 0 Å². The molecule has 0 unspecified atom stereocenters. The fourth-order valence-electron chi connectivity index (χ4n) is 1.94. The van der Waals surface area contributed by atoms with E-state index in [0.717, 1.165) is 5.56 Å². The molecule has 1 N–H and O–H groups in total. The van der Waals surface area contributed by atoms with E-state index in [-0.39, 0.29) is 5.54 Å². The van der Waals surface area contributed by atoms with Crippen molar-refractivity contribution in [3.8, 4) is 0 Å². The van der Waals surface area contributed by atoms with Crippen molar-refractivity contribution in [3.05, 3.63) is 41.5 Å². The summed E-state index contributed by atoms with van der Waals surface area (Å²) in [6, 6.07) is 9.89. The molecule has 1 heterocycles. The van der Waals surface area contributed by atoms with Crippen LogP contribution in [0, 0.1) is 0 Å². The molecule has 0 aromatic heterocycles. The molecule has 1 aliphatic heterocycles. The van der Waals surface area contributed by atoms with E-state index in [1.54, 1.807) is 13.8 Å². The molecule has 2 rings (SSSR count). The summed E-state index contributed by atoms with van der Waals surface area (Å²) in [4.78, 5) is 4.55. The molecule has 0 aliphatic carbocycles. The van der Waals surface area contributed by atoms with Crippen LogP contribution in [0.5, 0.6) is 0 Å². The van der Waals surface area contributed by atoms with Crippen LogP contribution in [0.3, 0.4) is 0 Å². The first kappa shape index (κ1) is 13.8. The van der Waals surface area contributed by atoms with Crippen LogP contribution >= 0.6 is 0 Å². The molecule has 0 spiro atoms. The summed E-state index contributed by atoms with van der Waals surface area (Å²) in [7, 11) is 0. The van der Waals surface area contributed by atoms with Crippen LogP contribution in [0.4, 0.5) is 0 Å². The van der Waals surface area contributed by atoms with Crippen LogP contribution in [0.2, 0.25) is 0 Å². The predicted octanol–water partition coefficient (Wildman–Crippen LogP) is 3.05. The second-order valence-corrected chi connectivity index (χ2v) is 6.05. The lowest BCUT2D eigenvalue weighted by Crippen LogP contribution is -2.27. The standard InChI is InChI=1S/C16H21NO2/c1-15(2)11-19-14(17-15)13(16(3,4)18)10-12-8-6-5-7-9-12/h5-10,18H,11H2,1-4H3/b13-10+. The van der Waals surface area contributed by atoms with Gasteiger partial charge in [-0.05, 0) is 39.3 Å². The van der Waals surface area contributed by atoms with Crippen molar-refractivity contribution in [2.45, 2.75) is 38.8 Å². The molecule has 102 valence electrons. The number of hydrogen-bond acceptors (Lipinski definition) is 3. The monoisotopic (exact) mass is 259 g/mol. The number of ether oxygens (including phenoxy) is 1. The van der Waals surface area contributed by atoms with Gasteiger partial charge in [0.1, 0.15) is 6.61 Å². The Bertz CT molecular complexity index is 507. The summed E-state index contributed by atoms with van der Waals surface area (Å²) in [5.41, 5.74) is 0.519. The number of nitrogens with zero attached hydrogens (tertiary/aromatic N) is 1. The van der Waals surface area contributed by atoms with Gasteiger partial charge in [-0.15, -0.1) is 0 Å². The minimum atomic E-state index is -0.991. The Morgan fingerprint density at radius 3 is 2.42 bits per heavy atom. The number of aliphatic imine (C=N–C) groups is 1. The van der Waals surface area contributed by atoms with Gasteiger partial charge in [0.2, 0.25) is 5.90 Å². The van der Waals surface area contributed by atoms with Crippen LogP contribution in [0.15, 0.2) is 40.9 Å². The van der Waals surface area contributed by atoms with E-state index in [4.69, 9.17) is 4.74 Å². The third-order valence-corrected chi connectivity index (χ3v) is 2.97. The van der Waals surface area contributed by atoms with Crippen LogP contribution < -0.4 is 0 Å². The smallest absolute Gasteiger partial charge is 0.215 e. The van der Waals surface area contributed by atoms with Gasteiger partial charge < -0.3 is 9.84 Å². The summed E-state index contributed by atoms with van der Waals surface area (Å²) < 4.78 is 5.65. The zero-order chi connectivity index (χ0) is 14.1. The summed E-state index contributed by atoms with van der Waals surface area (Å²) in [5, 5.41) is 10.3. The molecule has 1 aliphatic rings. The van der Waals surface area contributed by atoms with Gasteiger partial charge >= 0.3 is 0 Å². The average molecular weight is 259 g/mol. The first-order valence-electron chi connectivity index (χ1n) is 6.51. The molecule has 1 aromatic rings. The molecule has 0 radical (unpaired) electrons. The molecular weight excluding hydrogens is 238 g/mol. The lowest BCUT2D eigenvalue weighted by atomic mass is 9.95. The van der Waals surface area contributed by atoms with E-state index < -0.39 is 5.60 Å². The third kappa shape index (κ3) is 3.44. The number of benzene rings is 1. The second kappa shape index (κ2) is 4.82. The Kier molecular flexibility index (Phi) is 3.50. The SMILES string of the molecule is CC1(C)COC(/C(=C\c2ccccc2)C(C)(C)O)=N1. The molecular formula is C16H21NO2. The van der Waals surface area contributed by atoms with Gasteiger partial charge in [0, 0.05) is 5.57 Å². The van der Waals surface area contributed by atoms with Gasteiger partial charge in [0.05, 0.1) is 11.1 Å². The summed E-state index contributed by atoms with van der Waals surface area (Å²) in [6.45, 7) is 8.08. The molecule has 0 atom stereocenters. The maximum Gasteiger partial charge on any atom is 0.215 e. The fraction of sp³-hybridized carbons (Fsp3) is 0.438. The zero-order valence-corrected chi connectivity index (χ0v) is 12.0. The lowest BCUT2D eigenvalue weighted by molar-refractivity contribution is 0.123. The maximum atomic E-state index is 10.3. The fourth-order valence-corrected chi connectivity index (χ4v) is 1.94. The van der Waals surface area contributed by atoms with E-state index in [9.17, 15) is 5.11 Å². The highest BCUT2D eigenvalue weighted by atomic mass is 16.5. The molecule has 3 nitrogen and oxygen atoms in total. The minimum absolute atomic E-state index is 0.226. The summed E-state index contributed by atoms with van der Waals surface area (Å²) >= 11 is 0. The average Bonchev–Trinajstić information content (AvgIpc) is 2.66. The minimum Gasteiger partial charge on any atom is -0.475 e. The number of hydrogen-bond donors (Lipinski definition) is 1. The number of aliphatic hydroxyl groups is 1. The van der Waals surface area contributed by atoms with Crippen LogP contribution in [0.25, 0.3) is 6.08 Å². The lowest BCUT2D eigenvalue weighted by Gasteiger charge is -2.21. The summed E-state index contributed by atoms with van der Waals surface area (Å²) in [6.07, 6.45) is 1.93. The van der Waals surface area contributed by atoms with E-state index in [1.807, 2.05) is 50.3 Å². The molecule has 0 saturated heterocycles. The Morgan fingerprint density at radius 2 is 1.95 bits per heavy atom. The zero-order valence-electron chi connectivity index (χ0n) is 12.0. The van der Waals surface area contributed by atoms with Gasteiger partial charge in [-0.1, -0.05) is 30.3 Å². The van der Waals surface area contributed by atoms with Gasteiger partial charge in [0.15, 0.2) is 0 Å². The van der Waals surface area contributed by atoms with Gasteiger partial charge in [-0.3, -0.25) is 0 Å². The van der Waals surface area contributed by atoms with Gasteiger partial charge in [0.25, 0.3) is 0 Å². The normalized spacial score (nSPS) is 19.0.